The molecule has 0 saturated heterocycles. The topological polar surface area (TPSA) is 47.3 Å². The van der Waals surface area contributed by atoms with E-state index in [9.17, 15) is 0 Å². The summed E-state index contributed by atoms with van der Waals surface area (Å²) in [4.78, 5) is 0. The summed E-state index contributed by atoms with van der Waals surface area (Å²) in [5.74, 6) is 6.58. The molecule has 0 spiro atoms. The molecule has 0 aliphatic heterocycles. The van der Waals surface area contributed by atoms with Crippen molar-refractivity contribution in [1.82, 2.24) is 5.43 Å². The Labute approximate surface area is 114 Å². The summed E-state index contributed by atoms with van der Waals surface area (Å²) in [5, 5.41) is 0. The van der Waals surface area contributed by atoms with Crippen LogP contribution in [0.25, 0.3) is 0 Å². The molecule has 19 heavy (non-hydrogen) atoms. The van der Waals surface area contributed by atoms with Gasteiger partial charge in [-0.05, 0) is 30.0 Å². The molecule has 2 aromatic carbocycles. The van der Waals surface area contributed by atoms with E-state index in [1.807, 2.05) is 36.4 Å². The van der Waals surface area contributed by atoms with Gasteiger partial charge in [0.25, 0.3) is 0 Å². The average molecular weight is 256 g/mol. The van der Waals surface area contributed by atoms with E-state index in [0.29, 0.717) is 0 Å². The summed E-state index contributed by atoms with van der Waals surface area (Å²) in [6.07, 6.45) is 1.74. The lowest BCUT2D eigenvalue weighted by molar-refractivity contribution is 0.404. The van der Waals surface area contributed by atoms with Crippen LogP contribution in [0.2, 0.25) is 0 Å². The van der Waals surface area contributed by atoms with Gasteiger partial charge in [0, 0.05) is 6.04 Å². The largest absolute Gasteiger partial charge is 0.496 e. The van der Waals surface area contributed by atoms with Gasteiger partial charge in [-0.2, -0.15) is 0 Å². The molecule has 2 aromatic rings. The van der Waals surface area contributed by atoms with Gasteiger partial charge in [-0.25, -0.2) is 0 Å². The number of nitrogens with two attached hydrogens (primary N) is 1. The molecular weight excluding hydrogens is 236 g/mol. The smallest absolute Gasteiger partial charge is 0.122 e. The van der Waals surface area contributed by atoms with Crippen molar-refractivity contribution in [1.29, 1.82) is 0 Å². The summed E-state index contributed by atoms with van der Waals surface area (Å²) in [7, 11) is 1.70. The Balaban J connectivity index is 2.07. The van der Waals surface area contributed by atoms with Gasteiger partial charge >= 0.3 is 0 Å². The lowest BCUT2D eigenvalue weighted by Gasteiger charge is -2.17. The van der Waals surface area contributed by atoms with Gasteiger partial charge < -0.3 is 4.74 Å². The van der Waals surface area contributed by atoms with Crippen LogP contribution < -0.4 is 16.0 Å². The van der Waals surface area contributed by atoms with Gasteiger partial charge in [0.1, 0.15) is 5.75 Å². The number of benzene rings is 2. The third-order valence-corrected chi connectivity index (χ3v) is 3.22. The van der Waals surface area contributed by atoms with Crippen molar-refractivity contribution in [2.75, 3.05) is 7.11 Å². The second-order valence-electron chi connectivity index (χ2n) is 4.57. The fourth-order valence-corrected chi connectivity index (χ4v) is 2.23. The number of para-hydroxylation sites is 1. The molecule has 3 nitrogen and oxygen atoms in total. The van der Waals surface area contributed by atoms with E-state index in [-0.39, 0.29) is 6.04 Å². The van der Waals surface area contributed by atoms with Crippen molar-refractivity contribution < 1.29 is 4.74 Å². The van der Waals surface area contributed by atoms with Crippen molar-refractivity contribution >= 4 is 0 Å². The van der Waals surface area contributed by atoms with Gasteiger partial charge in [0.05, 0.1) is 7.11 Å². The third kappa shape index (κ3) is 3.81. The number of nitrogens with one attached hydrogen (secondary N) is 1. The highest BCUT2D eigenvalue weighted by Gasteiger charge is 2.11. The highest BCUT2D eigenvalue weighted by molar-refractivity contribution is 5.34. The van der Waals surface area contributed by atoms with E-state index in [4.69, 9.17) is 10.6 Å². The first kappa shape index (κ1) is 13.6. The van der Waals surface area contributed by atoms with E-state index < -0.39 is 0 Å². The maximum Gasteiger partial charge on any atom is 0.122 e. The Morgan fingerprint density at radius 3 is 2.37 bits per heavy atom. The minimum atomic E-state index is 0.193. The molecule has 3 N–H and O–H groups in total. The highest BCUT2D eigenvalue weighted by atomic mass is 16.5. The van der Waals surface area contributed by atoms with Gasteiger partial charge in [-0.1, -0.05) is 48.5 Å². The molecule has 0 aliphatic carbocycles. The molecule has 1 atom stereocenters. The zero-order valence-corrected chi connectivity index (χ0v) is 11.2. The van der Waals surface area contributed by atoms with Crippen LogP contribution in [-0.2, 0) is 12.8 Å². The number of hydrazine groups is 1. The number of methoxy groups -OCH3 is 1. The Morgan fingerprint density at radius 2 is 1.68 bits per heavy atom. The van der Waals surface area contributed by atoms with E-state index in [1.165, 1.54) is 11.1 Å². The molecule has 2 rings (SSSR count). The highest BCUT2D eigenvalue weighted by Crippen LogP contribution is 2.19. The number of hydrogen-bond acceptors (Lipinski definition) is 3. The normalized spacial score (nSPS) is 12.1. The molecule has 0 radical (unpaired) electrons. The standard InChI is InChI=1S/C16H20N2O/c1-19-16-10-6-5-9-14(16)12-15(18-17)11-13-7-3-2-4-8-13/h2-10,15,18H,11-12,17H2,1H3. The number of ether oxygens (including phenoxy) is 1. The van der Waals surface area contributed by atoms with Crippen LogP contribution in [0.1, 0.15) is 11.1 Å². The molecule has 0 fully saturated rings. The van der Waals surface area contributed by atoms with Crippen LogP contribution in [0.4, 0.5) is 0 Å². The quantitative estimate of drug-likeness (QED) is 0.616. The molecule has 0 heterocycles. The van der Waals surface area contributed by atoms with Gasteiger partial charge in [-0.15, -0.1) is 0 Å². The maximum atomic E-state index is 5.67. The molecule has 100 valence electrons. The van der Waals surface area contributed by atoms with Crippen molar-refractivity contribution in [2.24, 2.45) is 5.84 Å². The summed E-state index contributed by atoms with van der Waals surface area (Å²) in [5.41, 5.74) is 5.34. The van der Waals surface area contributed by atoms with Crippen LogP contribution in [-0.4, -0.2) is 13.2 Å². The van der Waals surface area contributed by atoms with Gasteiger partial charge in [-0.3, -0.25) is 11.3 Å². The van der Waals surface area contributed by atoms with Crippen LogP contribution in [0, 0.1) is 0 Å². The molecule has 0 amide bonds. The van der Waals surface area contributed by atoms with Crippen LogP contribution in [0.5, 0.6) is 5.75 Å². The number of hydrogen-bond donors (Lipinski definition) is 2. The van der Waals surface area contributed by atoms with Gasteiger partial charge in [0.2, 0.25) is 0 Å². The van der Waals surface area contributed by atoms with Crippen molar-refractivity contribution in [3.8, 4) is 5.75 Å². The summed E-state index contributed by atoms with van der Waals surface area (Å²) < 4.78 is 5.37. The first-order chi connectivity index (χ1) is 9.33. The summed E-state index contributed by atoms with van der Waals surface area (Å²) in [6.45, 7) is 0. The average Bonchev–Trinajstić information content (AvgIpc) is 2.48. The van der Waals surface area contributed by atoms with E-state index in [2.05, 4.69) is 23.6 Å². The monoisotopic (exact) mass is 256 g/mol. The minimum absolute atomic E-state index is 0.193. The predicted octanol–water partition coefficient (Wildman–Crippen LogP) is 2.31. The van der Waals surface area contributed by atoms with E-state index in [0.717, 1.165) is 18.6 Å². The molecule has 1 unspecified atom stereocenters. The molecule has 3 heteroatoms. The Hall–Kier alpha value is -1.84. The fourth-order valence-electron chi connectivity index (χ4n) is 2.23. The Kier molecular flexibility index (Phi) is 4.95. The molecule has 0 saturated carbocycles. The van der Waals surface area contributed by atoms with Crippen molar-refractivity contribution in [2.45, 2.75) is 18.9 Å². The molecule has 0 bridgehead atoms. The second-order valence-corrected chi connectivity index (χ2v) is 4.57. The Bertz CT molecular complexity index is 499. The van der Waals surface area contributed by atoms with Crippen LogP contribution in [0.3, 0.4) is 0 Å². The van der Waals surface area contributed by atoms with Crippen LogP contribution >= 0.6 is 0 Å². The molecule has 0 aromatic heterocycles. The van der Waals surface area contributed by atoms with Crippen molar-refractivity contribution in [3.63, 3.8) is 0 Å². The van der Waals surface area contributed by atoms with E-state index in [1.54, 1.807) is 7.11 Å². The lowest BCUT2D eigenvalue weighted by Crippen LogP contribution is -2.38. The number of rotatable bonds is 6. The SMILES string of the molecule is COc1ccccc1CC(Cc1ccccc1)NN. The first-order valence-electron chi connectivity index (χ1n) is 6.45. The minimum Gasteiger partial charge on any atom is -0.496 e. The summed E-state index contributed by atoms with van der Waals surface area (Å²) >= 11 is 0. The first-order valence-corrected chi connectivity index (χ1v) is 6.45. The lowest BCUT2D eigenvalue weighted by atomic mass is 9.99. The van der Waals surface area contributed by atoms with Gasteiger partial charge in [0.15, 0.2) is 0 Å². The predicted molar refractivity (Wildman–Crippen MR) is 78.0 cm³/mol. The molecular formula is C16H20N2O. The van der Waals surface area contributed by atoms with E-state index >= 15 is 0 Å². The third-order valence-electron chi connectivity index (χ3n) is 3.22. The zero-order valence-electron chi connectivity index (χ0n) is 11.2. The Morgan fingerprint density at radius 1 is 1.00 bits per heavy atom. The van der Waals surface area contributed by atoms with Crippen molar-refractivity contribution in [3.05, 3.63) is 65.7 Å². The fraction of sp³-hybridized carbons (Fsp3) is 0.250. The van der Waals surface area contributed by atoms with Crippen LogP contribution in [0.15, 0.2) is 54.6 Å². The summed E-state index contributed by atoms with van der Waals surface area (Å²) in [6, 6.07) is 18.6. The second kappa shape index (κ2) is 6.92. The maximum absolute atomic E-state index is 5.67. The molecule has 0 aliphatic rings. The zero-order chi connectivity index (χ0) is 13.5.